The van der Waals surface area contributed by atoms with Crippen molar-refractivity contribution in [3.8, 4) is 130 Å². The second-order valence-electron chi connectivity index (χ2n) is 39.2. The molecule has 31 rings (SSSR count). The Bertz CT molecular complexity index is 9720. The van der Waals surface area contributed by atoms with Gasteiger partial charge < -0.3 is 22.5 Å². The Morgan fingerprint density at radius 1 is 0.228 bits per heavy atom. The van der Waals surface area contributed by atoms with Gasteiger partial charge in [-0.3, -0.25) is 4.98 Å². The minimum atomic E-state index is -0.0995. The average molecular weight is 1880 g/mol. The number of fused-ring (bicyclic) bond motifs is 33. The quantitative estimate of drug-likeness (QED) is 0.131. The van der Waals surface area contributed by atoms with E-state index in [1.165, 1.54) is 131 Å². The molecule has 3 aliphatic rings. The summed E-state index contributed by atoms with van der Waals surface area (Å²) in [6, 6.07) is 150. The molecule has 682 valence electrons. The molecule has 0 bridgehead atoms. The Morgan fingerprint density at radius 2 is 0.572 bits per heavy atom. The molecule has 0 amide bonds. The largest absolute Gasteiger partial charge is 0.455 e. The number of nitrogens with zero attached hydrogens (tertiary/aromatic N) is 10. The van der Waals surface area contributed by atoms with Gasteiger partial charge in [0.05, 0.1) is 43.9 Å². The van der Waals surface area contributed by atoms with Crippen molar-refractivity contribution in [2.75, 3.05) is 0 Å². The van der Waals surface area contributed by atoms with Crippen LogP contribution in [-0.2, 0) is 17.3 Å². The molecule has 0 fully saturated rings. The van der Waals surface area contributed by atoms with Crippen LogP contribution in [0.3, 0.4) is 0 Å². The smallest absolute Gasteiger partial charge is 0.164 e. The third-order valence-corrected chi connectivity index (χ3v) is 31.7. The lowest BCUT2D eigenvalue weighted by Gasteiger charge is -2.21. The number of furan rings is 2. The summed E-state index contributed by atoms with van der Waals surface area (Å²) in [6.45, 7) is 9.35. The van der Waals surface area contributed by atoms with Gasteiger partial charge in [0.2, 0.25) is 0 Å². The molecule has 0 saturated carbocycles. The van der Waals surface area contributed by atoms with Gasteiger partial charge >= 0.3 is 0 Å². The average Bonchev–Trinajstić information content (AvgIpc) is 1.54. The number of aromatic nitrogens is 10. The van der Waals surface area contributed by atoms with Crippen LogP contribution in [0.1, 0.15) is 61.1 Å². The predicted molar refractivity (Wildman–Crippen MR) is 596 cm³/mol. The number of hydrogen-bond donors (Lipinski definition) is 0. The van der Waals surface area contributed by atoms with E-state index in [1.54, 1.807) is 0 Å². The molecule has 9 aromatic heterocycles. The maximum Gasteiger partial charge on any atom is 0.164 e. The van der Waals surface area contributed by atoms with Crippen molar-refractivity contribution in [2.24, 2.45) is 0 Å². The van der Waals surface area contributed by atoms with Gasteiger partial charge in [-0.2, -0.15) is 0 Å². The second kappa shape index (κ2) is 32.6. The van der Waals surface area contributed by atoms with Gasteiger partial charge in [-0.15, -0.1) is 11.3 Å². The summed E-state index contributed by atoms with van der Waals surface area (Å²) in [5.41, 5.74) is 37.7. The summed E-state index contributed by atoms with van der Waals surface area (Å²) >= 11 is 1.94. The molecule has 28 aromatic rings. The lowest BCUT2D eigenvalue weighted by atomic mass is 9.82. The van der Waals surface area contributed by atoms with Crippen LogP contribution in [0.2, 0.25) is 0 Å². The first-order valence-electron chi connectivity index (χ1n) is 49.4. The SMILES string of the molecule is CC1(C)c2ccccc2-c2c1ccc1c2oc2c1ccc1c2c2ccccc2n1-c1cccc(-c2nc(-c3ccccc3)nc(-c3ccccc3)n2)c1.CC1(C)c2ccccc2-c2c1ccc1c2sc2c1ccc1c2c2ccccc2n1-c1cccc(-c2nc(-c3ccccc3)nc(-c3ccccc3)n2)c1.c1cc(-c2ccncc2)cc(-n2c3ccccc3c3c4oc5c6c(ccc5c4ccc32)Cc2ccccc2-6)c1. The molecule has 13 heteroatoms. The van der Waals surface area contributed by atoms with Gasteiger partial charge in [-0.1, -0.05) is 355 Å². The third kappa shape index (κ3) is 13.0. The minimum absolute atomic E-state index is 0.0328. The molecule has 0 N–H and O–H groups in total. The van der Waals surface area contributed by atoms with Crippen LogP contribution >= 0.6 is 11.3 Å². The summed E-state index contributed by atoms with van der Waals surface area (Å²) in [5, 5.41) is 14.4. The Morgan fingerprint density at radius 3 is 1.06 bits per heavy atom. The molecule has 19 aromatic carbocycles. The summed E-state index contributed by atoms with van der Waals surface area (Å²) in [4.78, 5) is 34.1. The lowest BCUT2D eigenvalue weighted by molar-refractivity contribution is 0.654. The first-order chi connectivity index (χ1) is 71.4. The highest BCUT2D eigenvalue weighted by atomic mass is 32.1. The highest BCUT2D eigenvalue weighted by Crippen LogP contribution is 2.58. The zero-order valence-electron chi connectivity index (χ0n) is 79.5. The standard InChI is InChI=1S/C48H32N4O.C48H32N4S.C36H22N2O/c2*1-48(2)37-22-11-9-20-35(37)41-38(48)26-24-33-34-25-27-40-42(44(34)53-43(33)41)36-21-10-12-23-39(36)52(40)32-19-13-18-31(28-32)47-50-45(29-14-5-3-6-15-29)49-46(51-47)30-16-7-4-8-17-30;1-2-9-27-24(6-1)20-25-12-13-28-29-14-15-32-34(36(29)39-35(28)33(25)27)30-10-3-4-11-31(30)38(32)26-8-5-7-23(21-26)22-16-18-37-19-17-22/h2*3-28H,1-2H3;1-19,21H,20H2. The van der Waals surface area contributed by atoms with E-state index in [4.69, 9.17) is 38.7 Å². The van der Waals surface area contributed by atoms with Crippen LogP contribution in [0.5, 0.6) is 0 Å². The maximum atomic E-state index is 7.08. The predicted octanol–water partition coefficient (Wildman–Crippen LogP) is 34.1. The van der Waals surface area contributed by atoms with Gasteiger partial charge in [0.25, 0.3) is 0 Å². The van der Waals surface area contributed by atoms with E-state index in [9.17, 15) is 0 Å². The normalized spacial score (nSPS) is 13.0. The fourth-order valence-corrected chi connectivity index (χ4v) is 25.1. The van der Waals surface area contributed by atoms with Crippen LogP contribution in [0.25, 0.3) is 259 Å². The van der Waals surface area contributed by atoms with Crippen LogP contribution < -0.4 is 0 Å². The zero-order valence-corrected chi connectivity index (χ0v) is 80.3. The Hall–Kier alpha value is -18.4. The topological polar surface area (TPSA) is 131 Å². The second-order valence-corrected chi connectivity index (χ2v) is 40.2. The number of hydrogen-bond acceptors (Lipinski definition) is 10. The van der Waals surface area contributed by atoms with Crippen molar-refractivity contribution >= 4 is 141 Å². The number of rotatable bonds is 10. The summed E-state index contributed by atoms with van der Waals surface area (Å²) < 4.78 is 23.8. The highest BCUT2D eigenvalue weighted by molar-refractivity contribution is 7.27. The van der Waals surface area contributed by atoms with Crippen LogP contribution in [0.4, 0.5) is 0 Å². The van der Waals surface area contributed by atoms with Gasteiger partial charge in [-0.25, -0.2) is 29.9 Å². The monoisotopic (exact) mass is 1870 g/mol. The molecule has 9 heterocycles. The number of pyridine rings is 1. The van der Waals surface area contributed by atoms with E-state index in [1.807, 2.05) is 145 Å². The molecule has 3 aliphatic carbocycles. The summed E-state index contributed by atoms with van der Waals surface area (Å²) in [5.74, 6) is 3.85. The zero-order chi connectivity index (χ0) is 96.0. The number of para-hydroxylation sites is 3. The Balaban J connectivity index is 0.000000105. The third-order valence-electron chi connectivity index (χ3n) is 30.4. The van der Waals surface area contributed by atoms with E-state index in [2.05, 4.69) is 350 Å². The molecule has 0 aliphatic heterocycles. The fraction of sp³-hybridized carbons (Fsp3) is 0.0530. The van der Waals surface area contributed by atoms with Crippen LogP contribution in [0, 0.1) is 0 Å². The van der Waals surface area contributed by atoms with Gasteiger partial charge in [0, 0.05) is 154 Å². The van der Waals surface area contributed by atoms with Crippen molar-refractivity contribution in [1.82, 2.24) is 48.6 Å². The number of thiophene rings is 1. The van der Waals surface area contributed by atoms with E-state index >= 15 is 0 Å². The molecule has 0 spiro atoms. The van der Waals surface area contributed by atoms with E-state index in [0.717, 1.165) is 134 Å². The minimum Gasteiger partial charge on any atom is -0.455 e. The Kier molecular flexibility index (Phi) is 18.8. The molecule has 0 radical (unpaired) electrons. The van der Waals surface area contributed by atoms with Gasteiger partial charge in [0.1, 0.15) is 22.3 Å². The summed E-state index contributed by atoms with van der Waals surface area (Å²) in [6.07, 6.45) is 4.65. The Labute approximate surface area is 837 Å². The molecular weight excluding hydrogens is 1790 g/mol. The maximum absolute atomic E-state index is 7.08. The number of benzene rings is 19. The molecule has 12 nitrogen and oxygen atoms in total. The van der Waals surface area contributed by atoms with E-state index in [0.29, 0.717) is 34.9 Å². The van der Waals surface area contributed by atoms with Gasteiger partial charge in [-0.05, 0) is 165 Å². The van der Waals surface area contributed by atoms with Crippen molar-refractivity contribution in [3.63, 3.8) is 0 Å². The van der Waals surface area contributed by atoms with Gasteiger partial charge in [0.15, 0.2) is 34.9 Å². The molecule has 0 atom stereocenters. The highest BCUT2D eigenvalue weighted by Gasteiger charge is 2.40. The van der Waals surface area contributed by atoms with Crippen molar-refractivity contribution < 1.29 is 8.83 Å². The fourth-order valence-electron chi connectivity index (χ4n) is 23.7. The lowest BCUT2D eigenvalue weighted by Crippen LogP contribution is -2.14. The van der Waals surface area contributed by atoms with Crippen LogP contribution in [0.15, 0.2) is 446 Å². The molecule has 0 unspecified atom stereocenters. The van der Waals surface area contributed by atoms with Crippen molar-refractivity contribution in [2.45, 2.75) is 44.9 Å². The summed E-state index contributed by atoms with van der Waals surface area (Å²) in [7, 11) is 0. The molecule has 145 heavy (non-hydrogen) atoms. The first kappa shape index (κ1) is 83.5. The molecular formula is C132H86N10O2S. The van der Waals surface area contributed by atoms with E-state index in [-0.39, 0.29) is 10.8 Å². The first-order valence-corrected chi connectivity index (χ1v) is 50.2. The van der Waals surface area contributed by atoms with E-state index < -0.39 is 0 Å². The van der Waals surface area contributed by atoms with Crippen molar-refractivity contribution in [3.05, 3.63) is 470 Å². The van der Waals surface area contributed by atoms with Crippen molar-refractivity contribution in [1.29, 1.82) is 0 Å². The molecule has 0 saturated heterocycles. The van der Waals surface area contributed by atoms with Crippen LogP contribution in [-0.4, -0.2) is 48.6 Å².